The number of hydrogen-bond acceptors (Lipinski definition) is 3. The fourth-order valence-corrected chi connectivity index (χ4v) is 4.66. The highest BCUT2D eigenvalue weighted by atomic mass is 35.5. The number of anilines is 2. The second-order valence-electron chi connectivity index (χ2n) is 7.94. The van der Waals surface area contributed by atoms with Crippen molar-refractivity contribution in [3.8, 4) is 0 Å². The number of carbonyl (C=O) groups is 1. The van der Waals surface area contributed by atoms with Crippen LogP contribution in [0.5, 0.6) is 0 Å². The van der Waals surface area contributed by atoms with Crippen LogP contribution in [0.3, 0.4) is 0 Å². The Bertz CT molecular complexity index is 861. The number of carbonyl (C=O) groups excluding carboxylic acids is 1. The van der Waals surface area contributed by atoms with E-state index in [9.17, 15) is 4.79 Å². The van der Waals surface area contributed by atoms with Gasteiger partial charge in [0.05, 0.1) is 0 Å². The number of benzene rings is 2. The molecule has 2 aromatic rings. The molecule has 0 N–H and O–H groups in total. The smallest absolute Gasteiger partial charge is 0.223 e. The van der Waals surface area contributed by atoms with E-state index >= 15 is 0 Å². The summed E-state index contributed by atoms with van der Waals surface area (Å²) >= 11 is 6.14. The highest BCUT2D eigenvalue weighted by Crippen LogP contribution is 2.29. The molecule has 0 spiro atoms. The number of fused-ring (bicyclic) bond motifs is 1. The van der Waals surface area contributed by atoms with Crippen LogP contribution in [0.25, 0.3) is 0 Å². The molecular weight excluding hydrogens is 370 g/mol. The summed E-state index contributed by atoms with van der Waals surface area (Å²) in [4.78, 5) is 18.6. The van der Waals surface area contributed by atoms with Gasteiger partial charge in [-0.05, 0) is 55.2 Å². The van der Waals surface area contributed by atoms with Crippen LogP contribution in [0, 0.1) is 0 Å². The fraction of sp³-hybridized carbons (Fsp3) is 0.435. The summed E-state index contributed by atoms with van der Waals surface area (Å²) in [7, 11) is 0. The normalized spacial score (nSPS) is 18.2. The van der Waals surface area contributed by atoms with E-state index in [2.05, 4.69) is 47.1 Å². The van der Waals surface area contributed by atoms with E-state index < -0.39 is 0 Å². The average Bonchev–Trinajstić information content (AvgIpc) is 3.11. The lowest BCUT2D eigenvalue weighted by Crippen LogP contribution is -2.50. The third-order valence-electron chi connectivity index (χ3n) is 6.06. The first-order valence-corrected chi connectivity index (χ1v) is 10.5. The maximum atomic E-state index is 11.7. The quantitative estimate of drug-likeness (QED) is 0.780. The molecule has 1 amide bonds. The van der Waals surface area contributed by atoms with E-state index in [1.807, 2.05) is 17.0 Å². The van der Waals surface area contributed by atoms with Gasteiger partial charge >= 0.3 is 0 Å². The second kappa shape index (κ2) is 8.14. The number of amides is 1. The maximum absolute atomic E-state index is 11.7. The van der Waals surface area contributed by atoms with Crippen LogP contribution in [0.15, 0.2) is 42.5 Å². The van der Waals surface area contributed by atoms with Gasteiger partial charge in [0.1, 0.15) is 0 Å². The number of nitrogens with zero attached hydrogens (tertiary/aromatic N) is 3. The molecule has 5 heteroatoms. The van der Waals surface area contributed by atoms with Crippen molar-refractivity contribution in [2.45, 2.75) is 32.7 Å². The Morgan fingerprint density at radius 3 is 2.57 bits per heavy atom. The molecule has 1 saturated heterocycles. The zero-order valence-electron chi connectivity index (χ0n) is 16.7. The van der Waals surface area contributed by atoms with Crippen molar-refractivity contribution >= 4 is 28.9 Å². The van der Waals surface area contributed by atoms with E-state index in [0.717, 1.165) is 56.3 Å². The molecular formula is C23H28ClN3O. The molecule has 148 valence electrons. The molecule has 0 aromatic heterocycles. The topological polar surface area (TPSA) is 26.8 Å². The van der Waals surface area contributed by atoms with E-state index in [4.69, 9.17) is 11.6 Å². The summed E-state index contributed by atoms with van der Waals surface area (Å²) in [5.74, 6) is 0.137. The lowest BCUT2D eigenvalue weighted by Gasteiger charge is -2.39. The van der Waals surface area contributed by atoms with Crippen LogP contribution < -0.4 is 9.80 Å². The number of rotatable bonds is 4. The van der Waals surface area contributed by atoms with Crippen LogP contribution in [0.2, 0.25) is 5.02 Å². The lowest BCUT2D eigenvalue weighted by atomic mass is 10.0. The number of piperazine rings is 1. The fourth-order valence-electron chi connectivity index (χ4n) is 4.47. The highest BCUT2D eigenvalue weighted by molar-refractivity contribution is 6.30. The Morgan fingerprint density at radius 2 is 1.86 bits per heavy atom. The molecule has 0 aliphatic carbocycles. The van der Waals surface area contributed by atoms with Gasteiger partial charge in [-0.1, -0.05) is 29.8 Å². The molecule has 2 aliphatic heterocycles. The summed E-state index contributed by atoms with van der Waals surface area (Å²) in [6.45, 7) is 8.98. The van der Waals surface area contributed by atoms with E-state index in [0.29, 0.717) is 6.04 Å². The summed E-state index contributed by atoms with van der Waals surface area (Å²) in [5.41, 5.74) is 4.99. The molecule has 1 atom stereocenters. The van der Waals surface area contributed by atoms with Crippen molar-refractivity contribution < 1.29 is 4.79 Å². The molecule has 4 rings (SSSR count). The van der Waals surface area contributed by atoms with Crippen LogP contribution in [-0.4, -0.2) is 49.6 Å². The van der Waals surface area contributed by atoms with E-state index in [1.165, 1.54) is 16.8 Å². The first-order chi connectivity index (χ1) is 13.5. The average molecular weight is 398 g/mol. The molecule has 0 radical (unpaired) electrons. The molecule has 2 aromatic carbocycles. The van der Waals surface area contributed by atoms with Gasteiger partial charge in [0.2, 0.25) is 5.91 Å². The second-order valence-corrected chi connectivity index (χ2v) is 8.38. The van der Waals surface area contributed by atoms with Crippen molar-refractivity contribution in [2.24, 2.45) is 0 Å². The Kier molecular flexibility index (Phi) is 5.61. The van der Waals surface area contributed by atoms with Gasteiger partial charge in [-0.2, -0.15) is 0 Å². The van der Waals surface area contributed by atoms with E-state index in [-0.39, 0.29) is 5.91 Å². The minimum absolute atomic E-state index is 0.137. The molecule has 1 fully saturated rings. The van der Waals surface area contributed by atoms with Crippen molar-refractivity contribution in [3.05, 3.63) is 58.6 Å². The molecule has 0 bridgehead atoms. The zero-order valence-corrected chi connectivity index (χ0v) is 17.5. The third kappa shape index (κ3) is 4.03. The largest absolute Gasteiger partial charge is 0.369 e. The SMILES string of the molecule is CC(=O)N1CCc2cc(CC(C)N3CCN(c4cccc(Cl)c4)CC3)ccc21. The van der Waals surface area contributed by atoms with Crippen molar-refractivity contribution in [3.63, 3.8) is 0 Å². The van der Waals surface area contributed by atoms with Gasteiger partial charge in [0, 0.05) is 62.1 Å². The van der Waals surface area contributed by atoms with Gasteiger partial charge in [0.15, 0.2) is 0 Å². The van der Waals surface area contributed by atoms with Crippen molar-refractivity contribution in [1.82, 2.24) is 4.90 Å². The van der Waals surface area contributed by atoms with Crippen LogP contribution >= 0.6 is 11.6 Å². The number of halogens is 1. The summed E-state index contributed by atoms with van der Waals surface area (Å²) in [6.07, 6.45) is 2.01. The summed E-state index contributed by atoms with van der Waals surface area (Å²) in [6, 6.07) is 15.3. The van der Waals surface area contributed by atoms with Crippen molar-refractivity contribution in [1.29, 1.82) is 0 Å². The molecule has 2 heterocycles. The van der Waals surface area contributed by atoms with Crippen LogP contribution in [0.4, 0.5) is 11.4 Å². The van der Waals surface area contributed by atoms with Gasteiger partial charge in [-0.3, -0.25) is 9.69 Å². The lowest BCUT2D eigenvalue weighted by molar-refractivity contribution is -0.116. The maximum Gasteiger partial charge on any atom is 0.223 e. The summed E-state index contributed by atoms with van der Waals surface area (Å²) in [5, 5.41) is 0.799. The van der Waals surface area contributed by atoms with E-state index in [1.54, 1.807) is 6.92 Å². The molecule has 1 unspecified atom stereocenters. The zero-order chi connectivity index (χ0) is 19.7. The standard InChI is InChI=1S/C23H28ClN3O/c1-17(14-19-6-7-23-20(15-19)8-9-27(23)18(2)28)25-10-12-26(13-11-25)22-5-3-4-21(24)16-22/h3-7,15-17H,8-14H2,1-2H3. The first kappa shape index (κ1) is 19.3. The van der Waals surface area contributed by atoms with Crippen molar-refractivity contribution in [2.75, 3.05) is 42.5 Å². The van der Waals surface area contributed by atoms with Gasteiger partial charge in [0.25, 0.3) is 0 Å². The monoisotopic (exact) mass is 397 g/mol. The Labute approximate surface area is 172 Å². The Balaban J connectivity index is 1.35. The highest BCUT2D eigenvalue weighted by Gasteiger charge is 2.24. The minimum atomic E-state index is 0.137. The van der Waals surface area contributed by atoms with Gasteiger partial charge in [-0.15, -0.1) is 0 Å². The van der Waals surface area contributed by atoms with Gasteiger partial charge < -0.3 is 9.80 Å². The predicted octanol–water partition coefficient (Wildman–Crippen LogP) is 4.00. The number of hydrogen-bond donors (Lipinski definition) is 0. The molecule has 2 aliphatic rings. The Morgan fingerprint density at radius 1 is 1.07 bits per heavy atom. The van der Waals surface area contributed by atoms with Crippen LogP contribution in [0.1, 0.15) is 25.0 Å². The molecule has 4 nitrogen and oxygen atoms in total. The third-order valence-corrected chi connectivity index (χ3v) is 6.30. The van der Waals surface area contributed by atoms with Crippen LogP contribution in [-0.2, 0) is 17.6 Å². The van der Waals surface area contributed by atoms with Gasteiger partial charge in [-0.25, -0.2) is 0 Å². The first-order valence-electron chi connectivity index (χ1n) is 10.2. The molecule has 0 saturated carbocycles. The molecule has 28 heavy (non-hydrogen) atoms. The Hall–Kier alpha value is -2.04. The minimum Gasteiger partial charge on any atom is -0.369 e. The summed E-state index contributed by atoms with van der Waals surface area (Å²) < 4.78 is 0. The predicted molar refractivity (Wildman–Crippen MR) is 117 cm³/mol.